The number of ether oxygens (including phenoxy) is 2. The van der Waals surface area contributed by atoms with Crippen molar-refractivity contribution < 1.29 is 14.3 Å². The second-order valence-electron chi connectivity index (χ2n) is 7.02. The molecule has 1 amide bonds. The van der Waals surface area contributed by atoms with Crippen molar-refractivity contribution in [1.29, 1.82) is 0 Å². The summed E-state index contributed by atoms with van der Waals surface area (Å²) in [6, 6.07) is 0.221. The molecule has 0 radical (unpaired) electrons. The van der Waals surface area contributed by atoms with E-state index in [1.807, 2.05) is 25.7 Å². The molecule has 2 aliphatic heterocycles. The number of hydrogen-bond donors (Lipinski definition) is 0. The third-order valence-corrected chi connectivity index (χ3v) is 4.25. The monoisotopic (exact) mass is 253 g/mol. The van der Waals surface area contributed by atoms with Crippen LogP contribution in [-0.4, -0.2) is 40.9 Å². The number of epoxide rings is 1. The number of amides is 1. The zero-order valence-electron chi connectivity index (χ0n) is 11.7. The highest BCUT2D eigenvalue weighted by Crippen LogP contribution is 2.59. The molecular formula is C14H23NO3. The first-order valence-corrected chi connectivity index (χ1v) is 6.99. The lowest BCUT2D eigenvalue weighted by atomic mass is 9.87. The average Bonchev–Trinajstić information content (AvgIpc) is 3.08. The molecule has 3 fully saturated rings. The second kappa shape index (κ2) is 3.62. The number of piperidine rings is 1. The minimum absolute atomic E-state index is 0.123. The summed E-state index contributed by atoms with van der Waals surface area (Å²) >= 11 is 0. The first-order valence-electron chi connectivity index (χ1n) is 6.99. The van der Waals surface area contributed by atoms with Crippen LogP contribution in [0.2, 0.25) is 0 Å². The normalized spacial score (nSPS) is 39.2. The lowest BCUT2D eigenvalue weighted by Gasteiger charge is -2.36. The van der Waals surface area contributed by atoms with Crippen LogP contribution in [-0.2, 0) is 9.47 Å². The summed E-state index contributed by atoms with van der Waals surface area (Å²) < 4.78 is 11.4. The van der Waals surface area contributed by atoms with Crippen molar-refractivity contribution in [2.24, 2.45) is 5.92 Å². The van der Waals surface area contributed by atoms with Gasteiger partial charge >= 0.3 is 6.09 Å². The molecule has 1 aliphatic carbocycles. The Balaban J connectivity index is 1.64. The van der Waals surface area contributed by atoms with Crippen LogP contribution in [0.4, 0.5) is 4.79 Å². The topological polar surface area (TPSA) is 42.1 Å². The van der Waals surface area contributed by atoms with Gasteiger partial charge in [-0.2, -0.15) is 0 Å². The Hall–Kier alpha value is -0.770. The Kier molecular flexibility index (Phi) is 2.47. The van der Waals surface area contributed by atoms with Gasteiger partial charge in [0, 0.05) is 6.04 Å². The third kappa shape index (κ3) is 2.00. The maximum atomic E-state index is 12.1. The zero-order chi connectivity index (χ0) is 13.1. The fourth-order valence-electron chi connectivity index (χ4n) is 3.21. The molecule has 3 rings (SSSR count). The summed E-state index contributed by atoms with van der Waals surface area (Å²) in [5.74, 6) is 0.755. The maximum Gasteiger partial charge on any atom is 0.410 e. The van der Waals surface area contributed by atoms with Gasteiger partial charge in [-0.1, -0.05) is 0 Å². The van der Waals surface area contributed by atoms with E-state index in [0.29, 0.717) is 6.54 Å². The summed E-state index contributed by atoms with van der Waals surface area (Å²) in [5, 5.41) is 0. The quantitative estimate of drug-likeness (QED) is 0.674. The highest BCUT2D eigenvalue weighted by Gasteiger charge is 2.67. The molecule has 0 aromatic carbocycles. The lowest BCUT2D eigenvalue weighted by molar-refractivity contribution is 0.0117. The Morgan fingerprint density at radius 3 is 2.61 bits per heavy atom. The molecule has 4 nitrogen and oxygen atoms in total. The van der Waals surface area contributed by atoms with Gasteiger partial charge in [-0.3, -0.25) is 0 Å². The summed E-state index contributed by atoms with van der Waals surface area (Å²) in [4.78, 5) is 14.0. The molecule has 18 heavy (non-hydrogen) atoms. The van der Waals surface area contributed by atoms with E-state index in [0.717, 1.165) is 12.3 Å². The molecule has 102 valence electrons. The standard InChI is InChI=1S/C14H23NO3/c1-9-7-14(10-5-6-10)11(17-14)8-15(9)12(16)18-13(2,3)4/h9-11H,5-8H2,1-4H3/t9-,11+,14-/m1/s1. The smallest absolute Gasteiger partial charge is 0.410 e. The molecule has 0 aromatic heterocycles. The predicted octanol–water partition coefficient (Wildman–Crippen LogP) is 2.56. The first-order chi connectivity index (χ1) is 8.32. The van der Waals surface area contributed by atoms with Crippen molar-refractivity contribution in [2.45, 2.75) is 70.3 Å². The van der Waals surface area contributed by atoms with Gasteiger partial charge in [0.15, 0.2) is 0 Å². The SMILES string of the molecule is C[C@@H]1C[C@]2(C3CC3)O[C@H]2CN1C(=O)OC(C)(C)C. The summed E-state index contributed by atoms with van der Waals surface area (Å²) in [7, 11) is 0. The van der Waals surface area contributed by atoms with Gasteiger partial charge in [-0.25, -0.2) is 4.79 Å². The Morgan fingerprint density at radius 1 is 1.39 bits per heavy atom. The van der Waals surface area contributed by atoms with E-state index < -0.39 is 5.60 Å². The molecule has 4 heteroatoms. The van der Waals surface area contributed by atoms with Gasteiger partial charge in [0.1, 0.15) is 17.3 Å². The van der Waals surface area contributed by atoms with E-state index in [2.05, 4.69) is 6.92 Å². The molecule has 2 heterocycles. The number of hydrogen-bond acceptors (Lipinski definition) is 3. The number of carbonyl (C=O) groups is 1. The van der Waals surface area contributed by atoms with Crippen molar-refractivity contribution >= 4 is 6.09 Å². The van der Waals surface area contributed by atoms with Crippen molar-refractivity contribution in [3.8, 4) is 0 Å². The van der Waals surface area contributed by atoms with E-state index in [4.69, 9.17) is 9.47 Å². The molecule has 0 aromatic rings. The van der Waals surface area contributed by atoms with Gasteiger partial charge in [0.25, 0.3) is 0 Å². The number of nitrogens with zero attached hydrogens (tertiary/aromatic N) is 1. The molecule has 3 atom stereocenters. The lowest BCUT2D eigenvalue weighted by Crippen LogP contribution is -2.50. The van der Waals surface area contributed by atoms with Crippen LogP contribution in [0.15, 0.2) is 0 Å². The average molecular weight is 253 g/mol. The van der Waals surface area contributed by atoms with Crippen molar-refractivity contribution in [3.05, 3.63) is 0 Å². The number of likely N-dealkylation sites (tertiary alicyclic amines) is 1. The van der Waals surface area contributed by atoms with Crippen molar-refractivity contribution in [2.75, 3.05) is 6.54 Å². The van der Waals surface area contributed by atoms with E-state index in [-0.39, 0.29) is 23.8 Å². The second-order valence-corrected chi connectivity index (χ2v) is 7.02. The van der Waals surface area contributed by atoms with E-state index in [1.165, 1.54) is 12.8 Å². The van der Waals surface area contributed by atoms with Gasteiger partial charge in [0.2, 0.25) is 0 Å². The number of carbonyl (C=O) groups excluding carboxylic acids is 1. The van der Waals surface area contributed by atoms with Gasteiger partial charge < -0.3 is 14.4 Å². The molecule has 0 unspecified atom stereocenters. The maximum absolute atomic E-state index is 12.1. The van der Waals surface area contributed by atoms with E-state index in [9.17, 15) is 4.79 Å². The Labute approximate surface area is 109 Å². The third-order valence-electron chi connectivity index (χ3n) is 4.25. The van der Waals surface area contributed by atoms with Crippen LogP contribution in [0.1, 0.15) is 47.0 Å². The Morgan fingerprint density at radius 2 is 2.06 bits per heavy atom. The molecular weight excluding hydrogens is 230 g/mol. The van der Waals surface area contributed by atoms with Crippen LogP contribution >= 0.6 is 0 Å². The van der Waals surface area contributed by atoms with Crippen LogP contribution < -0.4 is 0 Å². The van der Waals surface area contributed by atoms with Crippen LogP contribution in [0.25, 0.3) is 0 Å². The van der Waals surface area contributed by atoms with Crippen molar-refractivity contribution in [1.82, 2.24) is 4.90 Å². The minimum atomic E-state index is -0.424. The van der Waals surface area contributed by atoms with Gasteiger partial charge in [-0.15, -0.1) is 0 Å². The first kappa shape index (κ1) is 12.3. The zero-order valence-corrected chi connectivity index (χ0v) is 11.7. The summed E-state index contributed by atoms with van der Waals surface area (Å²) in [6.07, 6.45) is 3.64. The summed E-state index contributed by atoms with van der Waals surface area (Å²) in [6.45, 7) is 8.52. The van der Waals surface area contributed by atoms with E-state index in [1.54, 1.807) is 0 Å². The fraction of sp³-hybridized carbons (Fsp3) is 0.929. The molecule has 2 saturated heterocycles. The van der Waals surface area contributed by atoms with Crippen LogP contribution in [0, 0.1) is 5.92 Å². The summed E-state index contributed by atoms with van der Waals surface area (Å²) in [5.41, 5.74) is -0.301. The van der Waals surface area contributed by atoms with Crippen LogP contribution in [0.3, 0.4) is 0 Å². The molecule has 0 N–H and O–H groups in total. The fourth-order valence-corrected chi connectivity index (χ4v) is 3.21. The predicted molar refractivity (Wildman–Crippen MR) is 67.3 cm³/mol. The van der Waals surface area contributed by atoms with Crippen LogP contribution in [0.5, 0.6) is 0 Å². The van der Waals surface area contributed by atoms with Gasteiger partial charge in [-0.05, 0) is 52.9 Å². The molecule has 3 aliphatic rings. The number of fused-ring (bicyclic) bond motifs is 1. The molecule has 1 saturated carbocycles. The molecule has 0 spiro atoms. The van der Waals surface area contributed by atoms with Crippen molar-refractivity contribution in [3.63, 3.8) is 0 Å². The highest BCUT2D eigenvalue weighted by molar-refractivity contribution is 5.69. The molecule has 0 bridgehead atoms. The minimum Gasteiger partial charge on any atom is -0.444 e. The van der Waals surface area contributed by atoms with E-state index >= 15 is 0 Å². The Bertz CT molecular complexity index is 372. The van der Waals surface area contributed by atoms with Gasteiger partial charge in [0.05, 0.1) is 6.54 Å². The number of rotatable bonds is 1. The highest BCUT2D eigenvalue weighted by atomic mass is 16.6. The largest absolute Gasteiger partial charge is 0.444 e.